The highest BCUT2D eigenvalue weighted by atomic mass is 19.1. The Hall–Kier alpha value is -1.95. The number of piperidine rings is 1. The Labute approximate surface area is 147 Å². The van der Waals surface area contributed by atoms with Crippen molar-refractivity contribution in [3.8, 4) is 0 Å². The summed E-state index contributed by atoms with van der Waals surface area (Å²) < 4.78 is 13.2. The van der Waals surface area contributed by atoms with E-state index >= 15 is 0 Å². The summed E-state index contributed by atoms with van der Waals surface area (Å²) in [6.07, 6.45) is 3.23. The summed E-state index contributed by atoms with van der Waals surface area (Å²) in [5.74, 6) is -0.960. The van der Waals surface area contributed by atoms with Crippen molar-refractivity contribution in [3.63, 3.8) is 0 Å². The van der Waals surface area contributed by atoms with Gasteiger partial charge in [0.05, 0.1) is 12.0 Å². The zero-order valence-corrected chi connectivity index (χ0v) is 14.6. The van der Waals surface area contributed by atoms with Crippen LogP contribution in [0.5, 0.6) is 0 Å². The van der Waals surface area contributed by atoms with E-state index in [-0.39, 0.29) is 24.3 Å². The fraction of sp³-hybridized carbons (Fsp3) is 0.579. The first-order chi connectivity index (χ1) is 12.0. The van der Waals surface area contributed by atoms with E-state index in [2.05, 4.69) is 0 Å². The van der Waals surface area contributed by atoms with E-state index in [1.54, 1.807) is 12.1 Å². The van der Waals surface area contributed by atoms with Crippen LogP contribution in [0, 0.1) is 5.82 Å². The molecule has 6 heteroatoms. The number of hydrogen-bond donors (Lipinski definition) is 1. The third-order valence-corrected chi connectivity index (χ3v) is 5.57. The molecule has 3 rings (SSSR count). The smallest absolute Gasteiger partial charge is 0.317 e. The monoisotopic (exact) mass is 348 g/mol. The average Bonchev–Trinajstić information content (AvgIpc) is 3.41. The number of carboxylic acids is 1. The van der Waals surface area contributed by atoms with Crippen molar-refractivity contribution >= 4 is 11.9 Å². The lowest BCUT2D eigenvalue weighted by molar-refractivity contribution is -0.140. The van der Waals surface area contributed by atoms with Gasteiger partial charge in [-0.2, -0.15) is 0 Å². The number of likely N-dealkylation sites (tertiary alicyclic amines) is 1. The number of hydrogen-bond acceptors (Lipinski definition) is 3. The molecule has 1 saturated heterocycles. The van der Waals surface area contributed by atoms with E-state index in [0.29, 0.717) is 19.6 Å². The molecule has 0 bridgehead atoms. The summed E-state index contributed by atoms with van der Waals surface area (Å²) in [7, 11) is 0. The molecule has 1 amide bonds. The molecule has 136 valence electrons. The van der Waals surface area contributed by atoms with E-state index in [1.165, 1.54) is 12.1 Å². The molecule has 1 aliphatic carbocycles. The molecule has 1 aromatic carbocycles. The van der Waals surface area contributed by atoms with E-state index in [1.807, 2.05) is 16.7 Å². The van der Waals surface area contributed by atoms with Crippen molar-refractivity contribution in [2.24, 2.45) is 0 Å². The number of benzene rings is 1. The lowest BCUT2D eigenvalue weighted by atomic mass is 9.92. The Morgan fingerprint density at radius 2 is 1.84 bits per heavy atom. The molecule has 5 nitrogen and oxygen atoms in total. The van der Waals surface area contributed by atoms with Crippen LogP contribution in [0.15, 0.2) is 24.3 Å². The van der Waals surface area contributed by atoms with Gasteiger partial charge in [0.25, 0.3) is 0 Å². The highest BCUT2D eigenvalue weighted by Gasteiger charge is 2.53. The predicted octanol–water partition coefficient (Wildman–Crippen LogP) is 2.25. The van der Waals surface area contributed by atoms with Crippen molar-refractivity contribution < 1.29 is 19.1 Å². The summed E-state index contributed by atoms with van der Waals surface area (Å²) in [5, 5.41) is 9.01. The van der Waals surface area contributed by atoms with Gasteiger partial charge in [0.1, 0.15) is 5.82 Å². The van der Waals surface area contributed by atoms with Gasteiger partial charge in [-0.1, -0.05) is 19.1 Å². The average molecular weight is 348 g/mol. The lowest BCUT2D eigenvalue weighted by Gasteiger charge is -2.38. The molecule has 1 heterocycles. The van der Waals surface area contributed by atoms with Gasteiger partial charge in [0.15, 0.2) is 0 Å². The van der Waals surface area contributed by atoms with Gasteiger partial charge in [0.2, 0.25) is 5.91 Å². The number of carboxylic acid groups (broad SMARTS) is 1. The van der Waals surface area contributed by atoms with Gasteiger partial charge in [-0.3, -0.25) is 14.5 Å². The fourth-order valence-electron chi connectivity index (χ4n) is 3.93. The molecular formula is C19H25FN2O3. The summed E-state index contributed by atoms with van der Waals surface area (Å²) in [6, 6.07) is 6.49. The topological polar surface area (TPSA) is 60.9 Å². The molecule has 1 saturated carbocycles. The van der Waals surface area contributed by atoms with Crippen LogP contribution in [0.4, 0.5) is 4.39 Å². The lowest BCUT2D eigenvalue weighted by Crippen LogP contribution is -2.50. The molecule has 1 N–H and O–H groups in total. The van der Waals surface area contributed by atoms with E-state index in [9.17, 15) is 14.0 Å². The molecule has 2 aliphatic rings. The number of carbonyl (C=O) groups is 2. The van der Waals surface area contributed by atoms with Gasteiger partial charge in [-0.15, -0.1) is 0 Å². The molecule has 0 radical (unpaired) electrons. The number of likely N-dealkylation sites (N-methyl/N-ethyl adjacent to an activating group) is 1. The maximum absolute atomic E-state index is 13.2. The van der Waals surface area contributed by atoms with Gasteiger partial charge in [-0.25, -0.2) is 4.39 Å². The van der Waals surface area contributed by atoms with Gasteiger partial charge < -0.3 is 10.0 Å². The quantitative estimate of drug-likeness (QED) is 0.857. The second-order valence-corrected chi connectivity index (χ2v) is 7.07. The van der Waals surface area contributed by atoms with Gasteiger partial charge >= 0.3 is 5.97 Å². The Morgan fingerprint density at radius 1 is 1.24 bits per heavy atom. The molecule has 0 unspecified atom stereocenters. The summed E-state index contributed by atoms with van der Waals surface area (Å²) in [5.41, 5.74) is 0.438. The molecule has 0 aromatic heterocycles. The summed E-state index contributed by atoms with van der Waals surface area (Å²) >= 11 is 0. The van der Waals surface area contributed by atoms with Gasteiger partial charge in [0, 0.05) is 19.1 Å². The van der Waals surface area contributed by atoms with Crippen molar-refractivity contribution in [1.82, 2.24) is 9.80 Å². The normalized spacial score (nSPS) is 19.9. The standard InChI is InChI=1S/C19H25FN2O3/c1-2-21(13-17(23)24)16-7-11-22(12-8-16)18(25)19(9-10-19)14-3-5-15(20)6-4-14/h3-6,16H,2,7-13H2,1H3,(H,23,24). The molecule has 25 heavy (non-hydrogen) atoms. The second kappa shape index (κ2) is 7.12. The Balaban J connectivity index is 1.62. The van der Waals surface area contributed by atoms with Crippen molar-refractivity contribution in [2.45, 2.75) is 44.1 Å². The van der Waals surface area contributed by atoms with E-state index < -0.39 is 11.4 Å². The number of rotatable bonds is 6. The minimum absolute atomic E-state index is 0.0502. The molecule has 2 fully saturated rings. The number of carbonyl (C=O) groups excluding carboxylic acids is 1. The summed E-state index contributed by atoms with van der Waals surface area (Å²) in [6.45, 7) is 4.03. The molecule has 0 atom stereocenters. The summed E-state index contributed by atoms with van der Waals surface area (Å²) in [4.78, 5) is 27.9. The van der Waals surface area contributed by atoms with Crippen LogP contribution in [0.1, 0.15) is 38.2 Å². The predicted molar refractivity (Wildman–Crippen MR) is 91.8 cm³/mol. The third kappa shape index (κ3) is 3.68. The van der Waals surface area contributed by atoms with Crippen molar-refractivity contribution in [3.05, 3.63) is 35.6 Å². The first-order valence-corrected chi connectivity index (χ1v) is 8.97. The molecule has 1 aromatic rings. The van der Waals surface area contributed by atoms with Crippen LogP contribution < -0.4 is 0 Å². The molecule has 1 aliphatic heterocycles. The molecular weight excluding hydrogens is 323 g/mol. The number of nitrogens with zero attached hydrogens (tertiary/aromatic N) is 2. The van der Waals surface area contributed by atoms with Crippen LogP contribution in [-0.4, -0.2) is 59.0 Å². The third-order valence-electron chi connectivity index (χ3n) is 5.57. The maximum atomic E-state index is 13.2. The largest absolute Gasteiger partial charge is 0.480 e. The van der Waals surface area contributed by atoms with Crippen LogP contribution in [0.3, 0.4) is 0 Å². The van der Waals surface area contributed by atoms with Gasteiger partial charge in [-0.05, 0) is 49.9 Å². The van der Waals surface area contributed by atoms with Crippen LogP contribution in [-0.2, 0) is 15.0 Å². The Kier molecular flexibility index (Phi) is 5.08. The minimum Gasteiger partial charge on any atom is -0.480 e. The zero-order chi connectivity index (χ0) is 18.0. The molecule has 0 spiro atoms. The Morgan fingerprint density at radius 3 is 2.32 bits per heavy atom. The number of aliphatic carboxylic acids is 1. The number of amides is 1. The van der Waals surface area contributed by atoms with E-state index in [4.69, 9.17) is 5.11 Å². The SMILES string of the molecule is CCN(CC(=O)O)C1CCN(C(=O)C2(c3ccc(F)cc3)CC2)CC1. The first-order valence-electron chi connectivity index (χ1n) is 8.97. The fourth-order valence-corrected chi connectivity index (χ4v) is 3.93. The first kappa shape index (κ1) is 17.9. The maximum Gasteiger partial charge on any atom is 0.317 e. The van der Waals surface area contributed by atoms with Crippen LogP contribution in [0.2, 0.25) is 0 Å². The zero-order valence-electron chi connectivity index (χ0n) is 14.6. The van der Waals surface area contributed by atoms with Crippen LogP contribution in [0.25, 0.3) is 0 Å². The van der Waals surface area contributed by atoms with Crippen molar-refractivity contribution in [1.29, 1.82) is 0 Å². The second-order valence-electron chi connectivity index (χ2n) is 7.07. The highest BCUT2D eigenvalue weighted by Crippen LogP contribution is 2.49. The Bertz CT molecular complexity index is 635. The van der Waals surface area contributed by atoms with Crippen LogP contribution >= 0.6 is 0 Å². The number of halogens is 1. The minimum atomic E-state index is -0.811. The van der Waals surface area contributed by atoms with Crippen molar-refractivity contribution in [2.75, 3.05) is 26.2 Å². The van der Waals surface area contributed by atoms with E-state index in [0.717, 1.165) is 31.2 Å². The highest BCUT2D eigenvalue weighted by molar-refractivity contribution is 5.91.